The summed E-state index contributed by atoms with van der Waals surface area (Å²) in [5.74, 6) is -2.87. The lowest BCUT2D eigenvalue weighted by molar-refractivity contribution is -0.253. The van der Waals surface area contributed by atoms with E-state index in [-0.39, 0.29) is 29.3 Å². The fraction of sp³-hybridized carbons (Fsp3) is 0.345. The van der Waals surface area contributed by atoms with E-state index in [4.69, 9.17) is 4.74 Å². The van der Waals surface area contributed by atoms with Crippen LogP contribution in [0.15, 0.2) is 66.7 Å². The SMILES string of the molecule is COc1cc(C(Cc2ccccc2)(NC(=O)NC2CCCC2)c2cc(F)cc(OC(F)(F)C(F)F)c2)ccc1F. The van der Waals surface area contributed by atoms with E-state index in [9.17, 15) is 31.1 Å². The van der Waals surface area contributed by atoms with Gasteiger partial charge in [-0.2, -0.15) is 17.6 Å². The highest BCUT2D eigenvalue weighted by molar-refractivity contribution is 5.76. The Balaban J connectivity index is 1.91. The van der Waals surface area contributed by atoms with Gasteiger partial charge in [0.25, 0.3) is 0 Å². The van der Waals surface area contributed by atoms with Crippen molar-refractivity contribution in [2.45, 2.75) is 56.2 Å². The van der Waals surface area contributed by atoms with E-state index in [1.807, 2.05) is 0 Å². The molecule has 0 aromatic heterocycles. The molecule has 2 N–H and O–H groups in total. The van der Waals surface area contributed by atoms with Gasteiger partial charge in [-0.3, -0.25) is 0 Å². The zero-order valence-electron chi connectivity index (χ0n) is 21.5. The molecule has 1 aliphatic carbocycles. The molecule has 3 aromatic rings. The number of rotatable bonds is 10. The van der Waals surface area contributed by atoms with Crippen LogP contribution in [0.2, 0.25) is 0 Å². The molecule has 0 bridgehead atoms. The predicted octanol–water partition coefficient (Wildman–Crippen LogP) is 6.94. The lowest BCUT2D eigenvalue weighted by atomic mass is 9.77. The van der Waals surface area contributed by atoms with Crippen molar-refractivity contribution in [1.82, 2.24) is 10.6 Å². The lowest BCUT2D eigenvalue weighted by Crippen LogP contribution is -2.53. The maximum atomic E-state index is 14.9. The number of hydrogen-bond donors (Lipinski definition) is 2. The van der Waals surface area contributed by atoms with Crippen molar-refractivity contribution in [3.63, 3.8) is 0 Å². The number of carbonyl (C=O) groups excluding carboxylic acids is 1. The van der Waals surface area contributed by atoms with Gasteiger partial charge in [-0.05, 0) is 53.8 Å². The third-order valence-electron chi connectivity index (χ3n) is 6.85. The smallest absolute Gasteiger partial charge is 0.461 e. The molecule has 0 saturated heterocycles. The first-order chi connectivity index (χ1) is 19.0. The van der Waals surface area contributed by atoms with Gasteiger partial charge in [-0.1, -0.05) is 49.2 Å². The van der Waals surface area contributed by atoms with Crippen LogP contribution in [0.5, 0.6) is 11.5 Å². The van der Waals surface area contributed by atoms with Crippen LogP contribution >= 0.6 is 0 Å². The molecule has 0 heterocycles. The van der Waals surface area contributed by atoms with Gasteiger partial charge in [-0.15, -0.1) is 0 Å². The summed E-state index contributed by atoms with van der Waals surface area (Å²) < 4.78 is 92.1. The molecule has 5 nitrogen and oxygen atoms in total. The summed E-state index contributed by atoms with van der Waals surface area (Å²) in [7, 11) is 1.24. The second-order valence-electron chi connectivity index (χ2n) is 9.64. The Morgan fingerprint density at radius 2 is 1.68 bits per heavy atom. The minimum atomic E-state index is -4.90. The standard InChI is InChI=1S/C29H28F6N2O3/c1-39-25-15-19(11-12-24(25)31)28(17-18-7-3-2-4-8-18,37-27(38)36-22-9-5-6-10-22)20-13-21(30)16-23(14-20)40-29(34,35)26(32)33/h2-4,7-8,11-16,22,26H,5-6,9-10,17H2,1H3,(H2,36,37,38). The fourth-order valence-electron chi connectivity index (χ4n) is 4.94. The third kappa shape index (κ3) is 6.63. The summed E-state index contributed by atoms with van der Waals surface area (Å²) in [6, 6.07) is 14.1. The summed E-state index contributed by atoms with van der Waals surface area (Å²) in [6.45, 7) is 0. The summed E-state index contributed by atoms with van der Waals surface area (Å²) >= 11 is 0. The lowest BCUT2D eigenvalue weighted by Gasteiger charge is -2.37. The maximum absolute atomic E-state index is 14.9. The zero-order chi connectivity index (χ0) is 28.9. The summed E-state index contributed by atoms with van der Waals surface area (Å²) in [4.78, 5) is 13.4. The highest BCUT2D eigenvalue weighted by atomic mass is 19.3. The average Bonchev–Trinajstić information content (AvgIpc) is 3.41. The Bertz CT molecular complexity index is 1320. The number of urea groups is 1. The molecule has 1 aliphatic rings. The first kappa shape index (κ1) is 29.1. The first-order valence-electron chi connectivity index (χ1n) is 12.6. The molecule has 11 heteroatoms. The Hall–Kier alpha value is -3.89. The predicted molar refractivity (Wildman–Crippen MR) is 136 cm³/mol. The number of benzene rings is 3. The van der Waals surface area contributed by atoms with Gasteiger partial charge in [0.1, 0.15) is 11.6 Å². The van der Waals surface area contributed by atoms with Gasteiger partial charge in [0, 0.05) is 18.5 Å². The molecule has 0 aliphatic heterocycles. The van der Waals surface area contributed by atoms with Crippen LogP contribution in [0.4, 0.5) is 31.1 Å². The van der Waals surface area contributed by atoms with E-state index >= 15 is 0 Å². The van der Waals surface area contributed by atoms with Crippen LogP contribution in [0.3, 0.4) is 0 Å². The van der Waals surface area contributed by atoms with E-state index in [1.54, 1.807) is 30.3 Å². The number of alkyl halides is 4. The monoisotopic (exact) mass is 566 g/mol. The Kier molecular flexibility index (Phi) is 8.80. The second kappa shape index (κ2) is 12.1. The number of ether oxygens (including phenoxy) is 2. The van der Waals surface area contributed by atoms with Crippen molar-refractivity contribution < 1.29 is 40.6 Å². The van der Waals surface area contributed by atoms with Crippen LogP contribution in [-0.2, 0) is 12.0 Å². The van der Waals surface area contributed by atoms with Gasteiger partial charge in [0.15, 0.2) is 11.6 Å². The molecule has 0 radical (unpaired) electrons. The van der Waals surface area contributed by atoms with Crippen LogP contribution in [0, 0.1) is 11.6 Å². The fourth-order valence-corrected chi connectivity index (χ4v) is 4.94. The number of hydrogen-bond acceptors (Lipinski definition) is 3. The van der Waals surface area contributed by atoms with Crippen LogP contribution in [-0.4, -0.2) is 31.7 Å². The topological polar surface area (TPSA) is 59.6 Å². The third-order valence-corrected chi connectivity index (χ3v) is 6.85. The van der Waals surface area contributed by atoms with Crippen molar-refractivity contribution >= 4 is 6.03 Å². The number of nitrogens with one attached hydrogen (secondary N) is 2. The molecule has 0 spiro atoms. The number of halogens is 6. The Labute approximate surface area is 227 Å². The molecule has 2 amide bonds. The molecule has 3 aromatic carbocycles. The van der Waals surface area contributed by atoms with Crippen molar-refractivity contribution in [2.24, 2.45) is 0 Å². The largest absolute Gasteiger partial charge is 0.494 e. The van der Waals surface area contributed by atoms with Crippen molar-refractivity contribution in [2.75, 3.05) is 7.11 Å². The van der Waals surface area contributed by atoms with Crippen LogP contribution in [0.1, 0.15) is 42.4 Å². The van der Waals surface area contributed by atoms with Crippen LogP contribution in [0.25, 0.3) is 0 Å². The summed E-state index contributed by atoms with van der Waals surface area (Å²) in [6.07, 6.45) is -5.77. The van der Waals surface area contributed by atoms with Gasteiger partial charge >= 0.3 is 18.6 Å². The molecule has 1 saturated carbocycles. The highest BCUT2D eigenvalue weighted by Crippen LogP contribution is 2.39. The normalized spacial score (nSPS) is 15.5. The van der Waals surface area contributed by atoms with E-state index in [0.717, 1.165) is 43.9 Å². The molecule has 40 heavy (non-hydrogen) atoms. The maximum Gasteiger partial charge on any atom is 0.461 e. The van der Waals surface area contributed by atoms with Crippen molar-refractivity contribution in [1.29, 1.82) is 0 Å². The molecular formula is C29H28F6N2O3. The van der Waals surface area contributed by atoms with Crippen molar-refractivity contribution in [3.05, 3.63) is 95.1 Å². The molecule has 1 atom stereocenters. The van der Waals surface area contributed by atoms with Crippen LogP contribution < -0.4 is 20.1 Å². The van der Waals surface area contributed by atoms with Gasteiger partial charge < -0.3 is 20.1 Å². The molecule has 214 valence electrons. The van der Waals surface area contributed by atoms with Gasteiger partial charge in [0.2, 0.25) is 0 Å². The number of methoxy groups -OCH3 is 1. The molecule has 1 unspecified atom stereocenters. The Morgan fingerprint density at radius 3 is 2.33 bits per heavy atom. The number of amides is 2. The van der Waals surface area contributed by atoms with Gasteiger partial charge in [-0.25, -0.2) is 13.6 Å². The molecule has 4 rings (SSSR count). The second-order valence-corrected chi connectivity index (χ2v) is 9.64. The number of carbonyl (C=O) groups is 1. The van der Waals surface area contributed by atoms with E-state index in [1.165, 1.54) is 19.2 Å². The molecule has 1 fully saturated rings. The van der Waals surface area contributed by atoms with E-state index < -0.39 is 41.5 Å². The average molecular weight is 567 g/mol. The minimum Gasteiger partial charge on any atom is -0.494 e. The van der Waals surface area contributed by atoms with Gasteiger partial charge in [0.05, 0.1) is 12.6 Å². The first-order valence-corrected chi connectivity index (χ1v) is 12.6. The minimum absolute atomic E-state index is 0.0607. The zero-order valence-corrected chi connectivity index (χ0v) is 21.5. The van der Waals surface area contributed by atoms with E-state index in [2.05, 4.69) is 15.4 Å². The molecular weight excluding hydrogens is 538 g/mol. The van der Waals surface area contributed by atoms with Crippen molar-refractivity contribution in [3.8, 4) is 11.5 Å². The van der Waals surface area contributed by atoms with E-state index in [0.29, 0.717) is 11.6 Å². The summed E-state index contributed by atoms with van der Waals surface area (Å²) in [5.41, 5.74) is -0.970. The summed E-state index contributed by atoms with van der Waals surface area (Å²) in [5, 5.41) is 5.75. The Morgan fingerprint density at radius 1 is 0.975 bits per heavy atom. The highest BCUT2D eigenvalue weighted by Gasteiger charge is 2.45. The quantitative estimate of drug-likeness (QED) is 0.262.